The van der Waals surface area contributed by atoms with Crippen molar-refractivity contribution in [2.24, 2.45) is 5.14 Å². The summed E-state index contributed by atoms with van der Waals surface area (Å²) in [7, 11) is -4.12. The second kappa shape index (κ2) is 8.84. The maximum Gasteiger partial charge on any atom is 0.253 e. The summed E-state index contributed by atoms with van der Waals surface area (Å²) >= 11 is 0. The molecule has 1 saturated heterocycles. The average Bonchev–Trinajstić information content (AvgIpc) is 3.23. The molecule has 3 rings (SSSR count). The van der Waals surface area contributed by atoms with Crippen LogP contribution in [0.5, 0.6) is 11.5 Å². The zero-order chi connectivity index (χ0) is 21.0. The number of sulfonamides is 1. The lowest BCUT2D eigenvalue weighted by Gasteiger charge is -2.25. The van der Waals surface area contributed by atoms with Crippen molar-refractivity contribution >= 4 is 21.6 Å². The Hall–Kier alpha value is -2.58. The number of nitrogens with two attached hydrogens (primary N) is 1. The molecule has 1 amide bonds. The van der Waals surface area contributed by atoms with Crippen LogP contribution in [0.15, 0.2) is 47.4 Å². The van der Waals surface area contributed by atoms with Crippen LogP contribution in [-0.4, -0.2) is 45.4 Å². The summed E-state index contributed by atoms with van der Waals surface area (Å²) in [5.74, 6) is 0.434. The fourth-order valence-electron chi connectivity index (χ4n) is 3.52. The van der Waals surface area contributed by atoms with Gasteiger partial charge in [-0.05, 0) is 51.0 Å². The molecule has 0 aliphatic carbocycles. The highest BCUT2D eigenvalue weighted by Crippen LogP contribution is 2.40. The molecule has 0 unspecified atom stereocenters. The summed E-state index contributed by atoms with van der Waals surface area (Å²) in [5, 5.41) is 5.54. The Bertz CT molecular complexity index is 967. The van der Waals surface area contributed by atoms with Crippen LogP contribution < -0.4 is 14.8 Å². The molecule has 8 heteroatoms. The quantitative estimate of drug-likeness (QED) is 0.747. The van der Waals surface area contributed by atoms with E-state index in [9.17, 15) is 13.2 Å². The third-order valence-corrected chi connectivity index (χ3v) is 5.97. The largest absolute Gasteiger partial charge is 0.454 e. The molecule has 1 aliphatic heterocycles. The molecule has 0 atom stereocenters. The standard InChI is InChI=1S/C21H27N3O4S/c1-3-23(4-2)21(25)16-14-18(24-12-8-9-13-24)20(19(15-16)29(22,26)27)28-17-10-6-5-7-11-17/h5-7,10-11,14-15H,3-4,8-9,12-13H2,1-2H3,(H2,22,26,27). The predicted molar refractivity (Wildman–Crippen MR) is 113 cm³/mol. The summed E-state index contributed by atoms with van der Waals surface area (Å²) in [6, 6.07) is 12.0. The lowest BCUT2D eigenvalue weighted by molar-refractivity contribution is 0.0772. The Labute approximate surface area is 172 Å². The van der Waals surface area contributed by atoms with Crippen LogP contribution in [-0.2, 0) is 10.0 Å². The monoisotopic (exact) mass is 417 g/mol. The summed E-state index contributed by atoms with van der Waals surface area (Å²) in [4.78, 5) is 16.5. The first-order valence-corrected chi connectivity index (χ1v) is 11.4. The Morgan fingerprint density at radius 1 is 1.10 bits per heavy atom. The number of amides is 1. The first-order valence-electron chi connectivity index (χ1n) is 9.83. The highest BCUT2D eigenvalue weighted by atomic mass is 32.2. The van der Waals surface area contributed by atoms with Crippen LogP contribution in [0.3, 0.4) is 0 Å². The maximum atomic E-state index is 13.0. The molecular formula is C21H27N3O4S. The van der Waals surface area contributed by atoms with Crippen molar-refractivity contribution in [3.63, 3.8) is 0 Å². The number of hydrogen-bond donors (Lipinski definition) is 1. The van der Waals surface area contributed by atoms with Crippen LogP contribution in [0.1, 0.15) is 37.0 Å². The minimum absolute atomic E-state index is 0.164. The minimum atomic E-state index is -4.12. The van der Waals surface area contributed by atoms with Crippen molar-refractivity contribution in [2.45, 2.75) is 31.6 Å². The van der Waals surface area contributed by atoms with Crippen molar-refractivity contribution in [3.8, 4) is 11.5 Å². The lowest BCUT2D eigenvalue weighted by Crippen LogP contribution is -2.31. The van der Waals surface area contributed by atoms with E-state index in [-0.39, 0.29) is 16.6 Å². The zero-order valence-corrected chi connectivity index (χ0v) is 17.6. The second-order valence-corrected chi connectivity index (χ2v) is 8.48. The number of nitrogens with zero attached hydrogens (tertiary/aromatic N) is 2. The molecule has 0 aromatic heterocycles. The molecule has 1 fully saturated rings. The number of anilines is 1. The van der Waals surface area contributed by atoms with Gasteiger partial charge in [-0.15, -0.1) is 0 Å². The molecule has 2 aromatic carbocycles. The summed E-state index contributed by atoms with van der Waals surface area (Å²) in [5.41, 5.74) is 0.869. The smallest absolute Gasteiger partial charge is 0.253 e. The van der Waals surface area contributed by atoms with E-state index in [1.165, 1.54) is 6.07 Å². The van der Waals surface area contributed by atoms with E-state index in [2.05, 4.69) is 0 Å². The zero-order valence-electron chi connectivity index (χ0n) is 16.8. The number of carbonyl (C=O) groups excluding carboxylic acids is 1. The second-order valence-electron chi connectivity index (χ2n) is 6.95. The van der Waals surface area contributed by atoms with Gasteiger partial charge in [-0.2, -0.15) is 0 Å². The van der Waals surface area contributed by atoms with Crippen molar-refractivity contribution in [1.82, 2.24) is 4.90 Å². The number of para-hydroxylation sites is 1. The van der Waals surface area contributed by atoms with Crippen molar-refractivity contribution in [2.75, 3.05) is 31.1 Å². The minimum Gasteiger partial charge on any atom is -0.454 e. The lowest BCUT2D eigenvalue weighted by atomic mass is 10.1. The normalized spacial score (nSPS) is 14.1. The van der Waals surface area contributed by atoms with Gasteiger partial charge in [0.2, 0.25) is 10.0 Å². The topological polar surface area (TPSA) is 92.9 Å². The van der Waals surface area contributed by atoms with E-state index in [1.54, 1.807) is 35.2 Å². The third-order valence-electron chi connectivity index (χ3n) is 5.05. The van der Waals surface area contributed by atoms with E-state index in [0.717, 1.165) is 25.9 Å². The van der Waals surface area contributed by atoms with E-state index < -0.39 is 10.0 Å². The van der Waals surface area contributed by atoms with Crippen LogP contribution in [0.25, 0.3) is 0 Å². The number of benzene rings is 2. The number of ether oxygens (including phenoxy) is 1. The number of primary sulfonamides is 1. The SMILES string of the molecule is CCN(CC)C(=O)c1cc(N2CCCC2)c(Oc2ccccc2)c(S(N)(=O)=O)c1. The van der Waals surface area contributed by atoms with Crippen molar-refractivity contribution in [1.29, 1.82) is 0 Å². The summed E-state index contributed by atoms with van der Waals surface area (Å²) in [6.45, 7) is 6.35. The first kappa shape index (κ1) is 21.1. The fraction of sp³-hybridized carbons (Fsp3) is 0.381. The van der Waals surface area contributed by atoms with Crippen LogP contribution in [0.2, 0.25) is 0 Å². The average molecular weight is 418 g/mol. The Balaban J connectivity index is 2.20. The van der Waals surface area contributed by atoms with Gasteiger partial charge < -0.3 is 14.5 Å². The summed E-state index contributed by atoms with van der Waals surface area (Å²) < 4.78 is 30.9. The molecule has 29 heavy (non-hydrogen) atoms. The molecule has 0 radical (unpaired) electrons. The fourth-order valence-corrected chi connectivity index (χ4v) is 4.21. The van der Waals surface area contributed by atoms with Crippen LogP contribution >= 0.6 is 0 Å². The summed E-state index contributed by atoms with van der Waals surface area (Å²) in [6.07, 6.45) is 1.98. The molecular weight excluding hydrogens is 390 g/mol. The van der Waals surface area contributed by atoms with Gasteiger partial charge in [-0.25, -0.2) is 13.6 Å². The molecule has 1 aliphatic rings. The highest BCUT2D eigenvalue weighted by molar-refractivity contribution is 7.89. The number of carbonyl (C=O) groups is 1. The molecule has 0 spiro atoms. The van der Waals surface area contributed by atoms with Crippen LogP contribution in [0.4, 0.5) is 5.69 Å². The Morgan fingerprint density at radius 3 is 2.28 bits per heavy atom. The van der Waals surface area contributed by atoms with Gasteiger partial charge in [0.1, 0.15) is 10.6 Å². The Kier molecular flexibility index (Phi) is 6.44. The molecule has 156 valence electrons. The highest BCUT2D eigenvalue weighted by Gasteiger charge is 2.28. The van der Waals surface area contributed by atoms with Crippen molar-refractivity contribution in [3.05, 3.63) is 48.0 Å². The molecule has 2 aromatic rings. The van der Waals surface area contributed by atoms with Gasteiger partial charge in [-0.3, -0.25) is 4.79 Å². The molecule has 7 nitrogen and oxygen atoms in total. The third kappa shape index (κ3) is 4.71. The van der Waals surface area contributed by atoms with Crippen molar-refractivity contribution < 1.29 is 17.9 Å². The van der Waals surface area contributed by atoms with E-state index in [0.29, 0.717) is 30.1 Å². The van der Waals surface area contributed by atoms with E-state index >= 15 is 0 Å². The van der Waals surface area contributed by atoms with Gasteiger partial charge in [0.05, 0.1) is 5.69 Å². The van der Waals surface area contributed by atoms with Gasteiger partial charge in [0.15, 0.2) is 5.75 Å². The van der Waals surface area contributed by atoms with E-state index in [4.69, 9.17) is 9.88 Å². The van der Waals surface area contributed by atoms with Gasteiger partial charge in [-0.1, -0.05) is 18.2 Å². The molecule has 2 N–H and O–H groups in total. The number of hydrogen-bond acceptors (Lipinski definition) is 5. The van der Waals surface area contributed by atoms with Gasteiger partial charge in [0, 0.05) is 31.7 Å². The maximum absolute atomic E-state index is 13.0. The van der Waals surface area contributed by atoms with Crippen LogP contribution in [0, 0.1) is 0 Å². The van der Waals surface area contributed by atoms with E-state index in [1.807, 2.05) is 24.8 Å². The number of rotatable bonds is 7. The predicted octanol–water partition coefficient (Wildman–Crippen LogP) is 3.21. The molecule has 1 heterocycles. The van der Waals surface area contributed by atoms with Gasteiger partial charge >= 0.3 is 0 Å². The molecule has 0 bridgehead atoms. The molecule has 0 saturated carbocycles. The first-order chi connectivity index (χ1) is 13.8. The van der Waals surface area contributed by atoms with Gasteiger partial charge in [0.25, 0.3) is 5.91 Å². The Morgan fingerprint density at radius 2 is 1.72 bits per heavy atom.